The Morgan fingerprint density at radius 3 is 2.75 bits per heavy atom. The second-order valence-corrected chi connectivity index (χ2v) is 6.25. The van der Waals surface area contributed by atoms with E-state index in [0.717, 1.165) is 12.1 Å². The molecule has 0 spiro atoms. The lowest BCUT2D eigenvalue weighted by molar-refractivity contribution is -0.144. The third-order valence-electron chi connectivity index (χ3n) is 4.21. The predicted octanol–water partition coefficient (Wildman–Crippen LogP) is 4.24. The first-order valence-corrected chi connectivity index (χ1v) is 7.60. The first kappa shape index (κ1) is 15.6. The SMILES string of the molecule is CC1CC(C(=O)O)CCN1C(C)c1cccc(Cl)c1Cl. The van der Waals surface area contributed by atoms with Crippen molar-refractivity contribution in [1.29, 1.82) is 0 Å². The van der Waals surface area contributed by atoms with Crippen LogP contribution in [0.3, 0.4) is 0 Å². The van der Waals surface area contributed by atoms with Gasteiger partial charge in [-0.05, 0) is 44.9 Å². The van der Waals surface area contributed by atoms with E-state index < -0.39 is 5.97 Å². The van der Waals surface area contributed by atoms with Crippen LogP contribution in [0.5, 0.6) is 0 Å². The Hall–Kier alpha value is -0.770. The number of carboxylic acids is 1. The number of carboxylic acid groups (broad SMARTS) is 1. The van der Waals surface area contributed by atoms with E-state index in [9.17, 15) is 4.79 Å². The summed E-state index contributed by atoms with van der Waals surface area (Å²) in [5.74, 6) is -0.923. The third-order valence-corrected chi connectivity index (χ3v) is 5.04. The van der Waals surface area contributed by atoms with Crippen LogP contribution >= 0.6 is 23.2 Å². The number of hydrogen-bond donors (Lipinski definition) is 1. The Morgan fingerprint density at radius 1 is 1.45 bits per heavy atom. The summed E-state index contributed by atoms with van der Waals surface area (Å²) in [6.07, 6.45) is 1.36. The smallest absolute Gasteiger partial charge is 0.306 e. The van der Waals surface area contributed by atoms with Crippen LogP contribution in [0.1, 0.15) is 38.3 Å². The Morgan fingerprint density at radius 2 is 2.15 bits per heavy atom. The minimum atomic E-state index is -0.690. The van der Waals surface area contributed by atoms with E-state index in [0.29, 0.717) is 22.9 Å². The molecule has 0 bridgehead atoms. The van der Waals surface area contributed by atoms with Crippen LogP contribution < -0.4 is 0 Å². The molecule has 0 aliphatic carbocycles. The number of likely N-dealkylation sites (tertiary alicyclic amines) is 1. The second kappa shape index (κ2) is 6.33. The minimum Gasteiger partial charge on any atom is -0.481 e. The van der Waals surface area contributed by atoms with Crippen LogP contribution in [-0.4, -0.2) is 28.6 Å². The van der Waals surface area contributed by atoms with Gasteiger partial charge in [-0.3, -0.25) is 9.69 Å². The summed E-state index contributed by atoms with van der Waals surface area (Å²) >= 11 is 12.4. The van der Waals surface area contributed by atoms with E-state index in [1.165, 1.54) is 0 Å². The molecule has 1 aliphatic heterocycles. The number of benzene rings is 1. The fourth-order valence-corrected chi connectivity index (χ4v) is 3.48. The lowest BCUT2D eigenvalue weighted by Gasteiger charge is -2.40. The van der Waals surface area contributed by atoms with Gasteiger partial charge in [0.25, 0.3) is 0 Å². The molecule has 110 valence electrons. The van der Waals surface area contributed by atoms with E-state index in [1.54, 1.807) is 6.07 Å². The molecule has 3 atom stereocenters. The Labute approximate surface area is 129 Å². The van der Waals surface area contributed by atoms with Crippen molar-refractivity contribution in [2.24, 2.45) is 5.92 Å². The number of piperidine rings is 1. The van der Waals surface area contributed by atoms with Crippen LogP contribution in [-0.2, 0) is 4.79 Å². The predicted molar refractivity (Wildman–Crippen MR) is 81.4 cm³/mol. The molecule has 20 heavy (non-hydrogen) atoms. The van der Waals surface area contributed by atoms with Crippen LogP contribution in [0.2, 0.25) is 10.0 Å². The highest BCUT2D eigenvalue weighted by Crippen LogP contribution is 2.36. The van der Waals surface area contributed by atoms with E-state index >= 15 is 0 Å². The number of halogens is 2. The van der Waals surface area contributed by atoms with Crippen molar-refractivity contribution in [2.75, 3.05) is 6.54 Å². The highest BCUT2D eigenvalue weighted by atomic mass is 35.5. The quantitative estimate of drug-likeness (QED) is 0.907. The fourth-order valence-electron chi connectivity index (χ4n) is 3.01. The molecule has 0 aromatic heterocycles. The number of carbonyl (C=O) groups is 1. The van der Waals surface area contributed by atoms with Gasteiger partial charge < -0.3 is 5.11 Å². The summed E-state index contributed by atoms with van der Waals surface area (Å²) in [7, 11) is 0. The van der Waals surface area contributed by atoms with E-state index in [1.807, 2.05) is 12.1 Å². The Bertz CT molecular complexity index is 507. The van der Waals surface area contributed by atoms with Crippen LogP contribution in [0.4, 0.5) is 0 Å². The number of rotatable bonds is 3. The molecule has 0 saturated carbocycles. The van der Waals surface area contributed by atoms with Crippen molar-refractivity contribution in [3.05, 3.63) is 33.8 Å². The number of hydrogen-bond acceptors (Lipinski definition) is 2. The first-order valence-electron chi connectivity index (χ1n) is 6.84. The summed E-state index contributed by atoms with van der Waals surface area (Å²) in [5.41, 5.74) is 1.000. The molecule has 1 saturated heterocycles. The molecule has 1 aromatic carbocycles. The van der Waals surface area contributed by atoms with Gasteiger partial charge in [0, 0.05) is 12.1 Å². The average molecular weight is 316 g/mol. The van der Waals surface area contributed by atoms with E-state index in [2.05, 4.69) is 18.7 Å². The van der Waals surface area contributed by atoms with Gasteiger partial charge in [0.1, 0.15) is 0 Å². The Kier molecular flexibility index (Phi) is 4.95. The zero-order valence-electron chi connectivity index (χ0n) is 11.6. The van der Waals surface area contributed by atoms with Gasteiger partial charge in [0.15, 0.2) is 0 Å². The number of aliphatic carboxylic acids is 1. The Balaban J connectivity index is 2.16. The molecule has 3 unspecified atom stereocenters. The van der Waals surface area contributed by atoms with E-state index in [4.69, 9.17) is 28.3 Å². The van der Waals surface area contributed by atoms with Crippen LogP contribution in [0.25, 0.3) is 0 Å². The van der Waals surface area contributed by atoms with Gasteiger partial charge in [-0.25, -0.2) is 0 Å². The molecule has 1 aliphatic rings. The molecule has 1 fully saturated rings. The highest BCUT2D eigenvalue weighted by Gasteiger charge is 2.33. The molecular formula is C15H19Cl2NO2. The maximum atomic E-state index is 11.1. The highest BCUT2D eigenvalue weighted by molar-refractivity contribution is 6.42. The summed E-state index contributed by atoms with van der Waals surface area (Å²) < 4.78 is 0. The zero-order valence-corrected chi connectivity index (χ0v) is 13.2. The normalized spacial score (nSPS) is 25.4. The van der Waals surface area contributed by atoms with Crippen molar-refractivity contribution in [3.63, 3.8) is 0 Å². The summed E-state index contributed by atoms with van der Waals surface area (Å²) in [6.45, 7) is 4.93. The lowest BCUT2D eigenvalue weighted by atomic mass is 9.89. The second-order valence-electron chi connectivity index (χ2n) is 5.47. The van der Waals surface area contributed by atoms with Crippen molar-refractivity contribution in [2.45, 2.75) is 38.8 Å². The van der Waals surface area contributed by atoms with Gasteiger partial charge in [0.2, 0.25) is 0 Å². The van der Waals surface area contributed by atoms with Gasteiger partial charge in [-0.15, -0.1) is 0 Å². The maximum Gasteiger partial charge on any atom is 0.306 e. The van der Waals surface area contributed by atoms with Crippen molar-refractivity contribution in [3.8, 4) is 0 Å². The molecule has 1 N–H and O–H groups in total. The van der Waals surface area contributed by atoms with Crippen molar-refractivity contribution < 1.29 is 9.90 Å². The standard InChI is InChI=1S/C15H19Cl2NO2/c1-9-8-11(15(19)20)6-7-18(9)10(2)12-4-3-5-13(16)14(12)17/h3-5,9-11H,6-8H2,1-2H3,(H,19,20). The first-order chi connectivity index (χ1) is 9.41. The monoisotopic (exact) mass is 315 g/mol. The van der Waals surface area contributed by atoms with Crippen LogP contribution in [0, 0.1) is 5.92 Å². The third kappa shape index (κ3) is 3.11. The maximum absolute atomic E-state index is 11.1. The molecular weight excluding hydrogens is 297 g/mol. The topological polar surface area (TPSA) is 40.5 Å². The molecule has 0 amide bonds. The lowest BCUT2D eigenvalue weighted by Crippen LogP contribution is -2.43. The fraction of sp³-hybridized carbons (Fsp3) is 0.533. The molecule has 1 heterocycles. The summed E-state index contributed by atoms with van der Waals surface area (Å²) in [5, 5.41) is 10.3. The minimum absolute atomic E-state index is 0.131. The van der Waals surface area contributed by atoms with Crippen molar-refractivity contribution in [1.82, 2.24) is 4.90 Å². The van der Waals surface area contributed by atoms with Gasteiger partial charge in [0.05, 0.1) is 16.0 Å². The summed E-state index contributed by atoms with van der Waals surface area (Å²) in [4.78, 5) is 13.4. The van der Waals surface area contributed by atoms with Crippen molar-refractivity contribution >= 4 is 29.2 Å². The molecule has 0 radical (unpaired) electrons. The average Bonchev–Trinajstić information content (AvgIpc) is 2.41. The largest absolute Gasteiger partial charge is 0.481 e. The molecule has 5 heteroatoms. The van der Waals surface area contributed by atoms with E-state index in [-0.39, 0.29) is 18.0 Å². The molecule has 1 aromatic rings. The number of nitrogens with zero attached hydrogens (tertiary/aromatic N) is 1. The summed E-state index contributed by atoms with van der Waals surface area (Å²) in [6, 6.07) is 6.00. The molecule has 3 nitrogen and oxygen atoms in total. The van der Waals surface area contributed by atoms with Gasteiger partial charge in [-0.2, -0.15) is 0 Å². The van der Waals surface area contributed by atoms with Gasteiger partial charge >= 0.3 is 5.97 Å². The molecule has 2 rings (SSSR count). The zero-order chi connectivity index (χ0) is 14.9. The van der Waals surface area contributed by atoms with Gasteiger partial charge in [-0.1, -0.05) is 35.3 Å². The van der Waals surface area contributed by atoms with Crippen LogP contribution in [0.15, 0.2) is 18.2 Å².